The SMILES string of the molecule is CCn1ccn(CCc2ccsc2)c1=O. The number of aromatic nitrogens is 2. The molecule has 0 N–H and O–H groups in total. The van der Waals surface area contributed by atoms with Crippen molar-refractivity contribution in [2.24, 2.45) is 0 Å². The van der Waals surface area contributed by atoms with E-state index < -0.39 is 0 Å². The molecule has 3 nitrogen and oxygen atoms in total. The van der Waals surface area contributed by atoms with Crippen molar-refractivity contribution in [3.8, 4) is 0 Å². The minimum absolute atomic E-state index is 0.0905. The second-order valence-electron chi connectivity index (χ2n) is 3.44. The van der Waals surface area contributed by atoms with E-state index in [9.17, 15) is 4.79 Å². The summed E-state index contributed by atoms with van der Waals surface area (Å²) in [6, 6.07) is 2.10. The molecule has 2 aromatic heterocycles. The van der Waals surface area contributed by atoms with Crippen LogP contribution in [-0.4, -0.2) is 9.13 Å². The maximum absolute atomic E-state index is 11.7. The molecule has 0 amide bonds. The quantitative estimate of drug-likeness (QED) is 0.777. The first-order valence-corrected chi connectivity index (χ1v) is 6.02. The van der Waals surface area contributed by atoms with Crippen molar-refractivity contribution in [2.45, 2.75) is 26.4 Å². The molecule has 4 heteroatoms. The summed E-state index contributed by atoms with van der Waals surface area (Å²) in [5.74, 6) is 0. The highest BCUT2D eigenvalue weighted by Gasteiger charge is 2.01. The zero-order valence-corrected chi connectivity index (χ0v) is 9.54. The average molecular weight is 222 g/mol. The maximum Gasteiger partial charge on any atom is 0.328 e. The van der Waals surface area contributed by atoms with Gasteiger partial charge in [0.15, 0.2) is 0 Å². The Hall–Kier alpha value is -1.29. The normalized spacial score (nSPS) is 10.7. The summed E-state index contributed by atoms with van der Waals surface area (Å²) in [6.07, 6.45) is 4.63. The first-order chi connectivity index (χ1) is 7.31. The van der Waals surface area contributed by atoms with Crippen LogP contribution in [0.15, 0.2) is 34.0 Å². The first-order valence-electron chi connectivity index (χ1n) is 5.08. The van der Waals surface area contributed by atoms with E-state index in [1.165, 1.54) is 5.56 Å². The van der Waals surface area contributed by atoms with Crippen LogP contribution in [0.3, 0.4) is 0 Å². The highest BCUT2D eigenvalue weighted by molar-refractivity contribution is 7.07. The molecule has 15 heavy (non-hydrogen) atoms. The van der Waals surface area contributed by atoms with Gasteiger partial charge in [0.2, 0.25) is 0 Å². The Labute approximate surface area is 92.6 Å². The summed E-state index contributed by atoms with van der Waals surface area (Å²) < 4.78 is 3.48. The minimum Gasteiger partial charge on any atom is -0.300 e. The van der Waals surface area contributed by atoms with Crippen molar-refractivity contribution in [1.29, 1.82) is 0 Å². The molecule has 0 bridgehead atoms. The van der Waals surface area contributed by atoms with Gasteiger partial charge in [0, 0.05) is 25.5 Å². The lowest BCUT2D eigenvalue weighted by molar-refractivity contribution is 0.627. The van der Waals surface area contributed by atoms with Crippen molar-refractivity contribution >= 4 is 11.3 Å². The third kappa shape index (κ3) is 2.21. The van der Waals surface area contributed by atoms with Crippen LogP contribution < -0.4 is 5.69 Å². The summed E-state index contributed by atoms with van der Waals surface area (Å²) in [4.78, 5) is 11.7. The van der Waals surface area contributed by atoms with Crippen LogP contribution in [0.5, 0.6) is 0 Å². The van der Waals surface area contributed by atoms with Crippen LogP contribution in [-0.2, 0) is 19.5 Å². The average Bonchev–Trinajstić information content (AvgIpc) is 2.85. The smallest absolute Gasteiger partial charge is 0.300 e. The third-order valence-corrected chi connectivity index (χ3v) is 3.21. The van der Waals surface area contributed by atoms with Crippen LogP contribution in [0.4, 0.5) is 0 Å². The summed E-state index contributed by atoms with van der Waals surface area (Å²) in [5, 5.41) is 4.19. The van der Waals surface area contributed by atoms with Gasteiger partial charge < -0.3 is 0 Å². The highest BCUT2D eigenvalue weighted by atomic mass is 32.1. The molecule has 0 atom stereocenters. The second kappa shape index (κ2) is 4.49. The Morgan fingerprint density at radius 3 is 2.73 bits per heavy atom. The van der Waals surface area contributed by atoms with Crippen molar-refractivity contribution in [1.82, 2.24) is 9.13 Å². The van der Waals surface area contributed by atoms with Gasteiger partial charge in [0.05, 0.1) is 0 Å². The first kappa shape index (κ1) is 10.2. The molecule has 0 aromatic carbocycles. The molecule has 80 valence electrons. The fraction of sp³-hybridized carbons (Fsp3) is 0.364. The Kier molecular flexibility index (Phi) is 3.06. The Morgan fingerprint density at radius 2 is 2.13 bits per heavy atom. The molecule has 0 spiro atoms. The van der Waals surface area contributed by atoms with Crippen molar-refractivity contribution in [3.63, 3.8) is 0 Å². The minimum atomic E-state index is 0.0905. The summed E-state index contributed by atoms with van der Waals surface area (Å²) in [5.41, 5.74) is 1.39. The molecule has 0 saturated heterocycles. The molecule has 0 aliphatic heterocycles. The van der Waals surface area contributed by atoms with E-state index in [1.807, 2.05) is 19.3 Å². The Bertz CT molecular complexity index is 467. The van der Waals surface area contributed by atoms with Crippen LogP contribution in [0.1, 0.15) is 12.5 Å². The van der Waals surface area contributed by atoms with Crippen molar-refractivity contribution in [3.05, 3.63) is 45.3 Å². The predicted molar refractivity (Wildman–Crippen MR) is 62.4 cm³/mol. The van der Waals surface area contributed by atoms with Gasteiger partial charge in [-0.05, 0) is 35.7 Å². The van der Waals surface area contributed by atoms with Crippen molar-refractivity contribution < 1.29 is 0 Å². The number of hydrogen-bond acceptors (Lipinski definition) is 2. The number of aryl methyl sites for hydroxylation is 3. The summed E-state index contributed by atoms with van der Waals surface area (Å²) in [7, 11) is 0. The zero-order valence-electron chi connectivity index (χ0n) is 8.72. The van der Waals surface area contributed by atoms with Gasteiger partial charge in [0.1, 0.15) is 0 Å². The summed E-state index contributed by atoms with van der Waals surface area (Å²) in [6.45, 7) is 3.48. The number of rotatable bonds is 4. The molecular weight excluding hydrogens is 208 g/mol. The topological polar surface area (TPSA) is 26.9 Å². The molecule has 0 radical (unpaired) electrons. The molecule has 0 unspecified atom stereocenters. The molecule has 0 aliphatic rings. The van der Waals surface area contributed by atoms with E-state index in [0.717, 1.165) is 19.5 Å². The molecule has 0 fully saturated rings. The van der Waals surface area contributed by atoms with E-state index in [-0.39, 0.29) is 5.69 Å². The molecule has 0 saturated carbocycles. The fourth-order valence-corrected chi connectivity index (χ4v) is 2.25. The van der Waals surface area contributed by atoms with Gasteiger partial charge >= 0.3 is 5.69 Å². The van der Waals surface area contributed by atoms with Gasteiger partial charge in [-0.2, -0.15) is 11.3 Å². The van der Waals surface area contributed by atoms with E-state index in [2.05, 4.69) is 16.8 Å². The lowest BCUT2D eigenvalue weighted by Crippen LogP contribution is -2.24. The van der Waals surface area contributed by atoms with Gasteiger partial charge in [-0.3, -0.25) is 9.13 Å². The molecule has 0 aliphatic carbocycles. The molecule has 2 rings (SSSR count). The second-order valence-corrected chi connectivity index (χ2v) is 4.22. The van der Waals surface area contributed by atoms with Gasteiger partial charge in [-0.15, -0.1) is 0 Å². The number of hydrogen-bond donors (Lipinski definition) is 0. The van der Waals surface area contributed by atoms with Crippen LogP contribution in [0.25, 0.3) is 0 Å². The molecule has 2 heterocycles. The number of thiophene rings is 1. The number of imidazole rings is 1. The largest absolute Gasteiger partial charge is 0.328 e. The van der Waals surface area contributed by atoms with Crippen molar-refractivity contribution in [2.75, 3.05) is 0 Å². The standard InChI is InChI=1S/C11H14N2OS/c1-2-12-6-7-13(11(12)14)5-3-10-4-8-15-9-10/h4,6-9H,2-3,5H2,1H3. The van der Waals surface area contributed by atoms with Gasteiger partial charge in [-0.1, -0.05) is 0 Å². The van der Waals surface area contributed by atoms with E-state index in [1.54, 1.807) is 20.5 Å². The monoisotopic (exact) mass is 222 g/mol. The predicted octanol–water partition coefficient (Wildman–Crippen LogP) is 1.97. The highest BCUT2D eigenvalue weighted by Crippen LogP contribution is 2.07. The van der Waals surface area contributed by atoms with E-state index >= 15 is 0 Å². The lowest BCUT2D eigenvalue weighted by Gasteiger charge is -1.99. The molecular formula is C11H14N2OS. The van der Waals surface area contributed by atoms with E-state index in [4.69, 9.17) is 0 Å². The third-order valence-electron chi connectivity index (χ3n) is 2.48. The lowest BCUT2D eigenvalue weighted by atomic mass is 10.2. The summed E-state index contributed by atoms with van der Waals surface area (Å²) >= 11 is 1.70. The number of nitrogens with zero attached hydrogens (tertiary/aromatic N) is 2. The Balaban J connectivity index is 2.05. The van der Waals surface area contributed by atoms with Crippen LogP contribution in [0.2, 0.25) is 0 Å². The molecule has 2 aromatic rings. The van der Waals surface area contributed by atoms with Crippen LogP contribution >= 0.6 is 11.3 Å². The maximum atomic E-state index is 11.7. The van der Waals surface area contributed by atoms with Gasteiger partial charge in [-0.25, -0.2) is 4.79 Å². The Morgan fingerprint density at radius 1 is 1.33 bits per heavy atom. The van der Waals surface area contributed by atoms with E-state index in [0.29, 0.717) is 0 Å². The van der Waals surface area contributed by atoms with Crippen LogP contribution in [0, 0.1) is 0 Å². The zero-order chi connectivity index (χ0) is 10.7. The van der Waals surface area contributed by atoms with Gasteiger partial charge in [0.25, 0.3) is 0 Å². The fourth-order valence-electron chi connectivity index (χ4n) is 1.55.